The molecular formula is C17H20N2O3. The Hall–Kier alpha value is -2.56. The molecule has 2 atom stereocenters. The van der Waals surface area contributed by atoms with Crippen LogP contribution in [0.2, 0.25) is 0 Å². The molecule has 2 rings (SSSR count). The van der Waals surface area contributed by atoms with Crippen LogP contribution in [-0.2, 0) is 0 Å². The van der Waals surface area contributed by atoms with Crippen LogP contribution in [0.25, 0.3) is 0 Å². The molecule has 2 aromatic rings. The van der Waals surface area contributed by atoms with Gasteiger partial charge in [0.1, 0.15) is 17.4 Å². The molecule has 1 heterocycles. The van der Waals surface area contributed by atoms with Crippen LogP contribution in [0.4, 0.5) is 0 Å². The second kappa shape index (κ2) is 6.93. The fourth-order valence-electron chi connectivity index (χ4n) is 1.97. The monoisotopic (exact) mass is 300 g/mol. The lowest BCUT2D eigenvalue weighted by Gasteiger charge is -2.22. The Morgan fingerprint density at radius 1 is 1.23 bits per heavy atom. The third kappa shape index (κ3) is 3.97. The van der Waals surface area contributed by atoms with E-state index in [0.717, 1.165) is 11.4 Å². The summed E-state index contributed by atoms with van der Waals surface area (Å²) in [6.45, 7) is 5.48. The van der Waals surface area contributed by atoms with Crippen LogP contribution in [0.1, 0.15) is 29.9 Å². The molecule has 0 spiro atoms. The smallest absolute Gasteiger partial charge is 0.257 e. The van der Waals surface area contributed by atoms with E-state index in [0.29, 0.717) is 0 Å². The quantitative estimate of drug-likeness (QED) is 0.890. The van der Waals surface area contributed by atoms with Gasteiger partial charge in [-0.05, 0) is 32.9 Å². The van der Waals surface area contributed by atoms with Gasteiger partial charge in [-0.25, -0.2) is 0 Å². The van der Waals surface area contributed by atoms with E-state index in [4.69, 9.17) is 4.74 Å². The molecule has 0 saturated carbocycles. The molecule has 0 aliphatic rings. The van der Waals surface area contributed by atoms with Crippen molar-refractivity contribution in [2.24, 2.45) is 0 Å². The van der Waals surface area contributed by atoms with Crippen molar-refractivity contribution in [3.05, 3.63) is 64.1 Å². The number of rotatable bonds is 5. The van der Waals surface area contributed by atoms with E-state index in [1.54, 1.807) is 6.92 Å². The SMILES string of the molecule is Cc1cc(=O)c(C(=O)N[C@H](C)[C@H](C)Oc2ccccc2)c[nH]1. The van der Waals surface area contributed by atoms with Crippen molar-refractivity contribution in [2.45, 2.75) is 32.9 Å². The number of aromatic nitrogens is 1. The highest BCUT2D eigenvalue weighted by Gasteiger charge is 2.18. The van der Waals surface area contributed by atoms with Crippen LogP contribution < -0.4 is 15.5 Å². The molecule has 5 heteroatoms. The van der Waals surface area contributed by atoms with E-state index >= 15 is 0 Å². The molecule has 0 aliphatic heterocycles. The summed E-state index contributed by atoms with van der Waals surface area (Å²) in [5, 5.41) is 2.79. The van der Waals surface area contributed by atoms with Crippen LogP contribution in [0, 0.1) is 6.92 Å². The van der Waals surface area contributed by atoms with Gasteiger partial charge in [0.25, 0.3) is 5.91 Å². The molecule has 0 radical (unpaired) electrons. The molecule has 1 aromatic heterocycles. The standard InChI is InChI=1S/C17H20N2O3/c1-11-9-16(20)15(10-18-11)17(21)19-12(2)13(3)22-14-7-5-4-6-8-14/h4-10,12-13H,1-3H3,(H,18,20)(H,19,21)/t12-,13+/m1/s1. The van der Waals surface area contributed by atoms with Crippen LogP contribution in [0.15, 0.2) is 47.4 Å². The minimum Gasteiger partial charge on any atom is -0.489 e. The Morgan fingerprint density at radius 3 is 2.55 bits per heavy atom. The topological polar surface area (TPSA) is 71.2 Å². The highest BCUT2D eigenvalue weighted by Crippen LogP contribution is 2.12. The highest BCUT2D eigenvalue weighted by molar-refractivity contribution is 5.94. The van der Waals surface area contributed by atoms with Crippen LogP contribution >= 0.6 is 0 Å². The predicted octanol–water partition coefficient (Wildman–Crippen LogP) is 2.27. The predicted molar refractivity (Wildman–Crippen MR) is 85.3 cm³/mol. The van der Waals surface area contributed by atoms with E-state index < -0.39 is 5.91 Å². The van der Waals surface area contributed by atoms with Crippen molar-refractivity contribution in [3.8, 4) is 5.75 Å². The van der Waals surface area contributed by atoms with Gasteiger partial charge in [0.15, 0.2) is 5.43 Å². The van der Waals surface area contributed by atoms with E-state index in [1.165, 1.54) is 12.3 Å². The number of hydrogen-bond acceptors (Lipinski definition) is 3. The number of pyridine rings is 1. The highest BCUT2D eigenvalue weighted by atomic mass is 16.5. The zero-order valence-electron chi connectivity index (χ0n) is 12.9. The van der Waals surface area contributed by atoms with E-state index in [-0.39, 0.29) is 23.1 Å². The molecule has 22 heavy (non-hydrogen) atoms. The summed E-state index contributed by atoms with van der Waals surface area (Å²) < 4.78 is 5.76. The average Bonchev–Trinajstić information content (AvgIpc) is 2.47. The summed E-state index contributed by atoms with van der Waals surface area (Å²) >= 11 is 0. The van der Waals surface area contributed by atoms with Crippen molar-refractivity contribution >= 4 is 5.91 Å². The van der Waals surface area contributed by atoms with Gasteiger partial charge >= 0.3 is 0 Å². The number of para-hydroxylation sites is 1. The van der Waals surface area contributed by atoms with Crippen LogP contribution in [0.5, 0.6) is 5.75 Å². The van der Waals surface area contributed by atoms with Crippen LogP contribution in [0.3, 0.4) is 0 Å². The lowest BCUT2D eigenvalue weighted by molar-refractivity contribution is 0.0892. The fraction of sp³-hybridized carbons (Fsp3) is 0.294. The molecule has 0 saturated heterocycles. The Morgan fingerprint density at radius 2 is 1.91 bits per heavy atom. The molecule has 0 fully saturated rings. The molecule has 0 unspecified atom stereocenters. The number of hydrogen-bond donors (Lipinski definition) is 2. The maximum atomic E-state index is 12.2. The van der Waals surface area contributed by atoms with Gasteiger partial charge in [0.2, 0.25) is 0 Å². The van der Waals surface area contributed by atoms with Gasteiger partial charge in [0.05, 0.1) is 6.04 Å². The van der Waals surface area contributed by atoms with Crippen molar-refractivity contribution in [2.75, 3.05) is 0 Å². The van der Waals surface area contributed by atoms with Gasteiger partial charge in [-0.1, -0.05) is 18.2 Å². The largest absolute Gasteiger partial charge is 0.489 e. The Balaban J connectivity index is 2.00. The number of aryl methyl sites for hydroxylation is 1. The summed E-state index contributed by atoms with van der Waals surface area (Å²) in [4.78, 5) is 26.8. The van der Waals surface area contributed by atoms with Gasteiger partial charge in [-0.15, -0.1) is 0 Å². The summed E-state index contributed by atoms with van der Waals surface area (Å²) in [5.74, 6) is 0.335. The molecule has 0 bridgehead atoms. The lowest BCUT2D eigenvalue weighted by atomic mass is 10.1. The van der Waals surface area contributed by atoms with E-state index in [2.05, 4.69) is 10.3 Å². The molecule has 1 aromatic carbocycles. The summed E-state index contributed by atoms with van der Waals surface area (Å²) in [7, 11) is 0. The minimum atomic E-state index is -0.405. The number of nitrogens with one attached hydrogen (secondary N) is 2. The number of benzene rings is 1. The zero-order valence-corrected chi connectivity index (χ0v) is 12.9. The molecule has 0 aliphatic carbocycles. The third-order valence-electron chi connectivity index (χ3n) is 3.43. The molecular weight excluding hydrogens is 280 g/mol. The van der Waals surface area contributed by atoms with Gasteiger partial charge in [-0.3, -0.25) is 9.59 Å². The molecule has 2 N–H and O–H groups in total. The average molecular weight is 300 g/mol. The van der Waals surface area contributed by atoms with E-state index in [1.807, 2.05) is 44.2 Å². The number of H-pyrrole nitrogens is 1. The Bertz CT molecular complexity index is 695. The van der Waals surface area contributed by atoms with Gasteiger partial charge in [0, 0.05) is 18.0 Å². The third-order valence-corrected chi connectivity index (χ3v) is 3.43. The number of amides is 1. The van der Waals surface area contributed by atoms with Gasteiger partial charge < -0.3 is 15.0 Å². The first-order valence-electron chi connectivity index (χ1n) is 7.19. The van der Waals surface area contributed by atoms with Crippen LogP contribution in [-0.4, -0.2) is 23.0 Å². The summed E-state index contributed by atoms with van der Waals surface area (Å²) in [5.41, 5.74) is 0.525. The first-order valence-corrected chi connectivity index (χ1v) is 7.19. The van der Waals surface area contributed by atoms with Crippen molar-refractivity contribution in [1.82, 2.24) is 10.3 Å². The first-order chi connectivity index (χ1) is 10.5. The molecule has 1 amide bonds. The number of carbonyl (C=O) groups excluding carboxylic acids is 1. The zero-order chi connectivity index (χ0) is 16.1. The van der Waals surface area contributed by atoms with E-state index in [9.17, 15) is 9.59 Å². The maximum absolute atomic E-state index is 12.2. The van der Waals surface area contributed by atoms with Crippen molar-refractivity contribution < 1.29 is 9.53 Å². The number of carbonyl (C=O) groups is 1. The Labute approximate surface area is 129 Å². The number of ether oxygens (including phenoxy) is 1. The summed E-state index contributed by atoms with van der Waals surface area (Å²) in [6.07, 6.45) is 1.21. The second-order valence-electron chi connectivity index (χ2n) is 5.29. The maximum Gasteiger partial charge on any atom is 0.257 e. The normalized spacial score (nSPS) is 13.2. The molecule has 116 valence electrons. The van der Waals surface area contributed by atoms with Crippen molar-refractivity contribution in [1.29, 1.82) is 0 Å². The lowest BCUT2D eigenvalue weighted by Crippen LogP contribution is -2.43. The first kappa shape index (κ1) is 15.8. The minimum absolute atomic E-state index is 0.101. The second-order valence-corrected chi connectivity index (χ2v) is 5.29. The van der Waals surface area contributed by atoms with Gasteiger partial charge in [-0.2, -0.15) is 0 Å². The number of aromatic amines is 1. The summed E-state index contributed by atoms with van der Waals surface area (Å²) in [6, 6.07) is 10.6. The Kier molecular flexibility index (Phi) is 4.99. The molecule has 5 nitrogen and oxygen atoms in total. The van der Waals surface area contributed by atoms with Crippen molar-refractivity contribution in [3.63, 3.8) is 0 Å². The fourth-order valence-corrected chi connectivity index (χ4v) is 1.97.